The molecule has 2 aromatic carbocycles. The zero-order valence-electron chi connectivity index (χ0n) is 12.2. The minimum absolute atomic E-state index is 0.0280. The van der Waals surface area contributed by atoms with E-state index in [1.807, 2.05) is 6.92 Å². The summed E-state index contributed by atoms with van der Waals surface area (Å²) in [6.45, 7) is 1.91. The van der Waals surface area contributed by atoms with Crippen LogP contribution in [0, 0.1) is 17.5 Å². The Balaban J connectivity index is 1.90. The fourth-order valence-corrected chi connectivity index (χ4v) is 2.29. The highest BCUT2D eigenvalue weighted by Gasteiger charge is 2.18. The minimum Gasteiger partial charge on any atom is -0.387 e. The van der Waals surface area contributed by atoms with Gasteiger partial charge in [0.2, 0.25) is 0 Å². The average molecular weight is 309 g/mol. The summed E-state index contributed by atoms with van der Waals surface area (Å²) in [5.41, 5.74) is 0.608. The van der Waals surface area contributed by atoms with E-state index in [4.69, 9.17) is 0 Å². The van der Waals surface area contributed by atoms with E-state index in [1.54, 1.807) is 12.1 Å². The fraction of sp³-hybridized carbons (Fsp3) is 0.294. The Labute approximate surface area is 127 Å². The molecule has 2 aromatic rings. The van der Waals surface area contributed by atoms with Crippen LogP contribution in [-0.4, -0.2) is 17.7 Å². The number of rotatable bonds is 6. The van der Waals surface area contributed by atoms with E-state index in [-0.39, 0.29) is 24.0 Å². The Morgan fingerprint density at radius 1 is 1.00 bits per heavy atom. The highest BCUT2D eigenvalue weighted by Crippen LogP contribution is 2.20. The highest BCUT2D eigenvalue weighted by molar-refractivity contribution is 5.22. The summed E-state index contributed by atoms with van der Waals surface area (Å²) >= 11 is 0. The Kier molecular flexibility index (Phi) is 5.57. The summed E-state index contributed by atoms with van der Waals surface area (Å²) in [4.78, 5) is 0. The third kappa shape index (κ3) is 4.32. The molecule has 0 aliphatic heterocycles. The third-order valence-electron chi connectivity index (χ3n) is 3.45. The maximum Gasteiger partial charge on any atom is 0.131 e. The summed E-state index contributed by atoms with van der Waals surface area (Å²) in [5.74, 6) is -1.82. The molecule has 5 heteroatoms. The summed E-state index contributed by atoms with van der Waals surface area (Å²) in [5, 5.41) is 13.0. The van der Waals surface area contributed by atoms with Crippen LogP contribution in [-0.2, 0) is 6.42 Å². The zero-order chi connectivity index (χ0) is 16.1. The molecule has 22 heavy (non-hydrogen) atoms. The molecule has 0 fully saturated rings. The first-order valence-electron chi connectivity index (χ1n) is 7.07. The number of halogens is 3. The molecule has 2 nitrogen and oxygen atoms in total. The van der Waals surface area contributed by atoms with Crippen molar-refractivity contribution < 1.29 is 18.3 Å². The number of aliphatic hydroxyl groups is 1. The number of hydrogen-bond acceptors (Lipinski definition) is 2. The molecule has 118 valence electrons. The fourth-order valence-electron chi connectivity index (χ4n) is 2.29. The predicted molar refractivity (Wildman–Crippen MR) is 78.9 cm³/mol. The molecule has 0 aromatic heterocycles. The molecular formula is C17H18F3NO. The summed E-state index contributed by atoms with van der Waals surface area (Å²) in [6.07, 6.45) is -0.649. The Bertz CT molecular complexity index is 596. The van der Waals surface area contributed by atoms with Crippen LogP contribution in [0.1, 0.15) is 24.2 Å². The molecule has 0 saturated heterocycles. The van der Waals surface area contributed by atoms with Gasteiger partial charge in [-0.2, -0.15) is 0 Å². The first kappa shape index (κ1) is 16.5. The van der Waals surface area contributed by atoms with Crippen molar-refractivity contribution in [1.29, 1.82) is 0 Å². The largest absolute Gasteiger partial charge is 0.387 e. The van der Waals surface area contributed by atoms with Gasteiger partial charge in [-0.3, -0.25) is 0 Å². The molecule has 0 heterocycles. The molecule has 0 spiro atoms. The summed E-state index contributed by atoms with van der Waals surface area (Å²) in [7, 11) is 0. The van der Waals surface area contributed by atoms with E-state index in [0.717, 1.165) is 17.7 Å². The normalized spacial score (nSPS) is 13.9. The first-order chi connectivity index (χ1) is 10.5. The molecule has 2 unspecified atom stereocenters. The molecular weight excluding hydrogens is 291 g/mol. The number of aliphatic hydroxyl groups excluding tert-OH is 1. The predicted octanol–water partition coefficient (Wildman–Crippen LogP) is 3.36. The molecule has 0 saturated carbocycles. The van der Waals surface area contributed by atoms with Crippen molar-refractivity contribution in [2.24, 2.45) is 0 Å². The number of benzene rings is 2. The van der Waals surface area contributed by atoms with Gasteiger partial charge < -0.3 is 10.4 Å². The molecule has 0 aliphatic rings. The second-order valence-electron chi connectivity index (χ2n) is 5.29. The second-order valence-corrected chi connectivity index (χ2v) is 5.29. The molecule has 2 rings (SSSR count). The van der Waals surface area contributed by atoms with Gasteiger partial charge in [-0.15, -0.1) is 0 Å². The first-order valence-corrected chi connectivity index (χ1v) is 7.07. The number of hydrogen-bond donors (Lipinski definition) is 2. The van der Waals surface area contributed by atoms with E-state index in [0.29, 0.717) is 6.42 Å². The van der Waals surface area contributed by atoms with Gasteiger partial charge in [0.05, 0.1) is 11.7 Å². The van der Waals surface area contributed by atoms with Crippen molar-refractivity contribution in [2.75, 3.05) is 6.54 Å². The van der Waals surface area contributed by atoms with Gasteiger partial charge in [0, 0.05) is 12.6 Å². The van der Waals surface area contributed by atoms with Crippen molar-refractivity contribution >= 4 is 0 Å². The van der Waals surface area contributed by atoms with Crippen LogP contribution in [0.5, 0.6) is 0 Å². The van der Waals surface area contributed by atoms with Crippen LogP contribution >= 0.6 is 0 Å². The van der Waals surface area contributed by atoms with Crippen molar-refractivity contribution in [3.63, 3.8) is 0 Å². The number of nitrogens with one attached hydrogen (secondary N) is 1. The average Bonchev–Trinajstić information content (AvgIpc) is 2.47. The van der Waals surface area contributed by atoms with Gasteiger partial charge in [-0.25, -0.2) is 13.2 Å². The van der Waals surface area contributed by atoms with Gasteiger partial charge >= 0.3 is 0 Å². The summed E-state index contributed by atoms with van der Waals surface area (Å²) < 4.78 is 39.9. The lowest BCUT2D eigenvalue weighted by Crippen LogP contribution is -2.32. The van der Waals surface area contributed by atoms with Gasteiger partial charge in [0.15, 0.2) is 0 Å². The summed E-state index contributed by atoms with van der Waals surface area (Å²) in [6, 6.07) is 9.58. The smallest absolute Gasteiger partial charge is 0.131 e. The van der Waals surface area contributed by atoms with E-state index in [9.17, 15) is 18.3 Å². The van der Waals surface area contributed by atoms with Crippen molar-refractivity contribution in [3.8, 4) is 0 Å². The maximum absolute atomic E-state index is 13.5. The monoisotopic (exact) mass is 309 g/mol. The molecule has 2 atom stereocenters. The van der Waals surface area contributed by atoms with Crippen LogP contribution in [0.3, 0.4) is 0 Å². The van der Waals surface area contributed by atoms with Crippen LogP contribution in [0.4, 0.5) is 13.2 Å². The van der Waals surface area contributed by atoms with E-state index < -0.39 is 17.7 Å². The van der Waals surface area contributed by atoms with Crippen LogP contribution in [0.15, 0.2) is 42.5 Å². The SMILES string of the molecule is CC(Cc1ccc(F)cc1)NCC(O)c1c(F)cccc1F. The standard InChI is InChI=1S/C17H18F3NO/c1-11(9-12-5-7-13(18)8-6-12)21-10-16(22)17-14(19)3-2-4-15(17)20/h2-8,11,16,21-22H,9-10H2,1H3. The van der Waals surface area contributed by atoms with Crippen LogP contribution < -0.4 is 5.32 Å². The van der Waals surface area contributed by atoms with Crippen molar-refractivity contribution in [3.05, 3.63) is 71.0 Å². The molecule has 0 amide bonds. The lowest BCUT2D eigenvalue weighted by Gasteiger charge is -2.18. The molecule has 2 N–H and O–H groups in total. The molecule has 0 radical (unpaired) electrons. The van der Waals surface area contributed by atoms with Gasteiger partial charge in [0.1, 0.15) is 17.5 Å². The van der Waals surface area contributed by atoms with Gasteiger partial charge in [0.25, 0.3) is 0 Å². The van der Waals surface area contributed by atoms with E-state index in [2.05, 4.69) is 5.32 Å². The van der Waals surface area contributed by atoms with Crippen molar-refractivity contribution in [2.45, 2.75) is 25.5 Å². The van der Waals surface area contributed by atoms with E-state index in [1.165, 1.54) is 18.2 Å². The van der Waals surface area contributed by atoms with Gasteiger partial charge in [-0.05, 0) is 43.2 Å². The Hall–Kier alpha value is -1.85. The third-order valence-corrected chi connectivity index (χ3v) is 3.45. The molecule has 0 aliphatic carbocycles. The maximum atomic E-state index is 13.5. The minimum atomic E-state index is -1.27. The second kappa shape index (κ2) is 7.42. The Morgan fingerprint density at radius 2 is 1.59 bits per heavy atom. The van der Waals surface area contributed by atoms with Crippen molar-refractivity contribution in [1.82, 2.24) is 5.32 Å². The lowest BCUT2D eigenvalue weighted by molar-refractivity contribution is 0.161. The Morgan fingerprint density at radius 3 is 2.18 bits per heavy atom. The van der Waals surface area contributed by atoms with Crippen LogP contribution in [0.2, 0.25) is 0 Å². The molecule has 0 bridgehead atoms. The topological polar surface area (TPSA) is 32.3 Å². The van der Waals surface area contributed by atoms with E-state index >= 15 is 0 Å². The van der Waals surface area contributed by atoms with Gasteiger partial charge in [-0.1, -0.05) is 18.2 Å². The zero-order valence-corrected chi connectivity index (χ0v) is 12.2. The van der Waals surface area contributed by atoms with Crippen LogP contribution in [0.25, 0.3) is 0 Å². The highest BCUT2D eigenvalue weighted by atomic mass is 19.1. The lowest BCUT2D eigenvalue weighted by atomic mass is 10.1. The quantitative estimate of drug-likeness (QED) is 0.857.